The fourth-order valence-corrected chi connectivity index (χ4v) is 3.47. The fraction of sp³-hybridized carbons (Fsp3) is 0.100. The van der Waals surface area contributed by atoms with E-state index in [0.29, 0.717) is 16.3 Å². The molecule has 1 aromatic heterocycles. The van der Waals surface area contributed by atoms with Crippen LogP contribution in [-0.4, -0.2) is 15.9 Å². The van der Waals surface area contributed by atoms with Gasteiger partial charge in [-0.3, -0.25) is 4.79 Å². The molecule has 0 radical (unpaired) electrons. The minimum absolute atomic E-state index is 0.218. The number of hydrogen-bond acceptors (Lipinski definition) is 4. The van der Waals surface area contributed by atoms with Gasteiger partial charge in [0.15, 0.2) is 17.3 Å². The second kappa shape index (κ2) is 7.75. The van der Waals surface area contributed by atoms with Crippen molar-refractivity contribution in [2.45, 2.75) is 13.1 Å². The van der Waals surface area contributed by atoms with Gasteiger partial charge in [0.1, 0.15) is 5.01 Å². The van der Waals surface area contributed by atoms with Crippen LogP contribution < -0.4 is 0 Å². The maximum Gasteiger partial charge on any atom is 0.416 e. The minimum Gasteiger partial charge on any atom is -0.505 e. The van der Waals surface area contributed by atoms with Crippen LogP contribution in [0.25, 0.3) is 16.6 Å². The van der Waals surface area contributed by atoms with Crippen LogP contribution in [0.5, 0.6) is 5.75 Å². The van der Waals surface area contributed by atoms with Crippen molar-refractivity contribution in [3.05, 3.63) is 75.8 Å². The third-order valence-corrected chi connectivity index (χ3v) is 5.21. The van der Waals surface area contributed by atoms with Gasteiger partial charge in [0.05, 0.1) is 16.1 Å². The number of aromatic hydroxyl groups is 1. The quantitative estimate of drug-likeness (QED) is 0.316. The molecule has 3 aromatic rings. The summed E-state index contributed by atoms with van der Waals surface area (Å²) in [4.78, 5) is 16.8. The molecule has 3 nitrogen and oxygen atoms in total. The van der Waals surface area contributed by atoms with Crippen molar-refractivity contribution in [2.75, 3.05) is 0 Å². The lowest BCUT2D eigenvalue weighted by atomic mass is 10.1. The average molecular weight is 425 g/mol. The van der Waals surface area contributed by atoms with E-state index in [9.17, 15) is 26.7 Å². The van der Waals surface area contributed by atoms with Crippen LogP contribution in [0.4, 0.5) is 22.0 Å². The molecular formula is C20H12F5NO2S. The van der Waals surface area contributed by atoms with Gasteiger partial charge in [0.2, 0.25) is 5.82 Å². The number of allylic oxidation sites excluding steroid dienone is 1. The molecule has 9 heteroatoms. The van der Waals surface area contributed by atoms with Gasteiger partial charge < -0.3 is 5.11 Å². The minimum atomic E-state index is -4.45. The first-order chi connectivity index (χ1) is 13.6. The summed E-state index contributed by atoms with van der Waals surface area (Å²) >= 11 is 0.978. The Kier molecular flexibility index (Phi) is 5.52. The van der Waals surface area contributed by atoms with E-state index in [2.05, 4.69) is 4.98 Å². The number of aromatic nitrogens is 1. The monoisotopic (exact) mass is 425 g/mol. The van der Waals surface area contributed by atoms with Crippen LogP contribution in [0.3, 0.4) is 0 Å². The zero-order valence-electron chi connectivity index (χ0n) is 14.7. The van der Waals surface area contributed by atoms with E-state index in [-0.39, 0.29) is 10.4 Å². The van der Waals surface area contributed by atoms with Gasteiger partial charge in [0.25, 0.3) is 0 Å². The van der Waals surface area contributed by atoms with Crippen molar-refractivity contribution in [3.8, 4) is 16.3 Å². The van der Waals surface area contributed by atoms with E-state index in [1.54, 1.807) is 6.92 Å². The van der Waals surface area contributed by atoms with Crippen LogP contribution in [0.15, 0.2) is 42.5 Å². The van der Waals surface area contributed by atoms with Crippen molar-refractivity contribution in [3.63, 3.8) is 0 Å². The molecule has 1 N–H and O–H groups in total. The largest absolute Gasteiger partial charge is 0.505 e. The summed E-state index contributed by atoms with van der Waals surface area (Å²) < 4.78 is 65.1. The van der Waals surface area contributed by atoms with Crippen LogP contribution >= 0.6 is 11.3 Å². The fourth-order valence-electron chi connectivity index (χ4n) is 2.47. The Hall–Kier alpha value is -3.07. The summed E-state index contributed by atoms with van der Waals surface area (Å²) in [5, 5.41) is 9.47. The van der Waals surface area contributed by atoms with Crippen LogP contribution in [0, 0.1) is 18.6 Å². The highest BCUT2D eigenvalue weighted by Gasteiger charge is 2.30. The molecule has 0 aliphatic heterocycles. The Morgan fingerprint density at radius 2 is 1.72 bits per heavy atom. The lowest BCUT2D eigenvalue weighted by Gasteiger charge is -2.06. The number of ketones is 1. The molecule has 0 bridgehead atoms. The number of nitrogens with zero attached hydrogens (tertiary/aromatic N) is 1. The lowest BCUT2D eigenvalue weighted by molar-refractivity contribution is -0.137. The van der Waals surface area contributed by atoms with E-state index < -0.39 is 34.9 Å². The summed E-state index contributed by atoms with van der Waals surface area (Å²) in [6.07, 6.45) is -2.35. The van der Waals surface area contributed by atoms with E-state index in [4.69, 9.17) is 5.11 Å². The second-order valence-electron chi connectivity index (χ2n) is 6.01. The Balaban J connectivity index is 1.85. The Bertz CT molecular complexity index is 1100. The summed E-state index contributed by atoms with van der Waals surface area (Å²) in [6.45, 7) is 1.56. The zero-order valence-corrected chi connectivity index (χ0v) is 15.5. The molecule has 0 fully saturated rings. The zero-order chi connectivity index (χ0) is 21.3. The van der Waals surface area contributed by atoms with Gasteiger partial charge in [-0.2, -0.15) is 17.6 Å². The van der Waals surface area contributed by atoms with Crippen LogP contribution in [0.1, 0.15) is 26.5 Å². The molecular weight excluding hydrogens is 413 g/mol. The van der Waals surface area contributed by atoms with Gasteiger partial charge >= 0.3 is 6.18 Å². The smallest absolute Gasteiger partial charge is 0.416 e. The molecule has 0 saturated carbocycles. The number of aryl methyl sites for hydroxylation is 1. The third-order valence-electron chi connectivity index (χ3n) is 3.99. The first-order valence-corrected chi connectivity index (χ1v) is 8.94. The number of halogens is 5. The number of phenols is 1. The number of phenolic OH excluding ortho intramolecular Hbond substituents is 1. The average Bonchev–Trinajstić information content (AvgIpc) is 3.06. The number of thiazole rings is 1. The molecule has 0 aliphatic rings. The van der Waals surface area contributed by atoms with E-state index in [1.165, 1.54) is 12.1 Å². The first kappa shape index (κ1) is 20.7. The van der Waals surface area contributed by atoms with Gasteiger partial charge in [-0.05, 0) is 43.3 Å². The van der Waals surface area contributed by atoms with Crippen molar-refractivity contribution >= 4 is 23.2 Å². The van der Waals surface area contributed by atoms with Crippen molar-refractivity contribution in [2.24, 2.45) is 0 Å². The highest BCUT2D eigenvalue weighted by Crippen LogP contribution is 2.33. The lowest BCUT2D eigenvalue weighted by Crippen LogP contribution is -2.03. The maximum atomic E-state index is 13.7. The molecule has 0 spiro atoms. The van der Waals surface area contributed by atoms with Gasteiger partial charge in [-0.15, -0.1) is 11.3 Å². The topological polar surface area (TPSA) is 50.2 Å². The number of hydrogen-bond donors (Lipinski definition) is 1. The number of rotatable bonds is 4. The Morgan fingerprint density at radius 3 is 2.34 bits per heavy atom. The molecule has 2 aromatic carbocycles. The predicted octanol–water partition coefficient (Wildman–Crippen LogP) is 6.02. The molecule has 1 heterocycles. The molecule has 0 amide bonds. The number of carbonyl (C=O) groups excluding carboxylic acids is 1. The van der Waals surface area contributed by atoms with Crippen molar-refractivity contribution in [1.82, 2.24) is 4.98 Å². The highest BCUT2D eigenvalue weighted by molar-refractivity contribution is 7.17. The summed E-state index contributed by atoms with van der Waals surface area (Å²) in [7, 11) is 0. The molecule has 0 saturated heterocycles. The van der Waals surface area contributed by atoms with E-state index in [0.717, 1.165) is 47.8 Å². The molecule has 3 rings (SSSR count). The number of alkyl halides is 3. The van der Waals surface area contributed by atoms with Crippen molar-refractivity contribution in [1.29, 1.82) is 0 Å². The SMILES string of the molecule is Cc1nc(-c2ccc(C(F)(F)F)cc2)sc1C(=O)C=Cc1ccc(O)c(F)c1F. The Labute approximate surface area is 165 Å². The molecule has 0 atom stereocenters. The normalized spacial score (nSPS) is 11.9. The van der Waals surface area contributed by atoms with E-state index >= 15 is 0 Å². The Morgan fingerprint density at radius 1 is 1.07 bits per heavy atom. The highest BCUT2D eigenvalue weighted by atomic mass is 32.1. The maximum absolute atomic E-state index is 13.7. The standard InChI is InChI=1S/C20H12F5NO2S/c1-10-18(15(28)9-5-11-4-8-14(27)17(22)16(11)21)29-19(26-10)12-2-6-13(7-3-12)20(23,24)25/h2-9,27H,1H3. The number of benzene rings is 2. The third kappa shape index (κ3) is 4.34. The molecule has 29 heavy (non-hydrogen) atoms. The van der Waals surface area contributed by atoms with Gasteiger partial charge in [0, 0.05) is 11.1 Å². The first-order valence-electron chi connectivity index (χ1n) is 8.12. The predicted molar refractivity (Wildman–Crippen MR) is 98.7 cm³/mol. The summed E-state index contributed by atoms with van der Waals surface area (Å²) in [5.41, 5.74) is -0.242. The van der Waals surface area contributed by atoms with Crippen molar-refractivity contribution < 1.29 is 31.9 Å². The molecule has 0 aliphatic carbocycles. The van der Waals surface area contributed by atoms with Crippen LogP contribution in [0.2, 0.25) is 0 Å². The second-order valence-corrected chi connectivity index (χ2v) is 7.01. The van der Waals surface area contributed by atoms with Gasteiger partial charge in [-0.25, -0.2) is 9.37 Å². The summed E-state index contributed by atoms with van der Waals surface area (Å²) in [5.74, 6) is -4.07. The summed E-state index contributed by atoms with van der Waals surface area (Å²) in [6, 6.07) is 6.46. The molecule has 0 unspecified atom stereocenters. The van der Waals surface area contributed by atoms with Crippen LogP contribution in [-0.2, 0) is 6.18 Å². The van der Waals surface area contributed by atoms with E-state index in [1.807, 2.05) is 0 Å². The number of carbonyl (C=O) groups is 1. The van der Waals surface area contributed by atoms with Gasteiger partial charge in [-0.1, -0.05) is 12.1 Å². The molecule has 150 valence electrons.